The van der Waals surface area contributed by atoms with Gasteiger partial charge in [-0.3, -0.25) is 0 Å². The zero-order chi connectivity index (χ0) is 13.6. The standard InChI is InChI=1S/C13H30N.C3H8/c1-5-7-9-11-13-14(3,4)12-10-8-6-2;1-3-2/h5-13H2,1-4H3;3H2,1-2H3/q+1;. The molecule has 1 nitrogen and oxygen atoms in total. The van der Waals surface area contributed by atoms with Crippen molar-refractivity contribution in [3.63, 3.8) is 0 Å². The molecule has 0 aromatic carbocycles. The second kappa shape index (κ2) is 14.0. The average molecular weight is 244 g/mol. The van der Waals surface area contributed by atoms with Crippen molar-refractivity contribution in [2.45, 2.75) is 79.1 Å². The lowest BCUT2D eigenvalue weighted by atomic mass is 10.2. The van der Waals surface area contributed by atoms with Crippen LogP contribution in [0.15, 0.2) is 0 Å². The second-order valence-electron chi connectivity index (χ2n) is 5.86. The van der Waals surface area contributed by atoms with Gasteiger partial charge in [0.05, 0.1) is 27.2 Å². The van der Waals surface area contributed by atoms with Crippen molar-refractivity contribution < 1.29 is 4.48 Å². The normalized spacial score (nSPS) is 10.9. The fourth-order valence-corrected chi connectivity index (χ4v) is 1.87. The van der Waals surface area contributed by atoms with E-state index in [-0.39, 0.29) is 0 Å². The molecule has 1 heteroatoms. The molecule has 0 unspecified atom stereocenters. The molecule has 0 saturated carbocycles. The molecule has 0 saturated heterocycles. The molecule has 0 aromatic heterocycles. The Morgan fingerprint density at radius 3 is 1.35 bits per heavy atom. The summed E-state index contributed by atoms with van der Waals surface area (Å²) in [5.41, 5.74) is 0. The zero-order valence-electron chi connectivity index (χ0n) is 13.5. The molecule has 0 aliphatic carbocycles. The monoisotopic (exact) mass is 244 g/mol. The van der Waals surface area contributed by atoms with Gasteiger partial charge in [0.1, 0.15) is 0 Å². The predicted molar refractivity (Wildman–Crippen MR) is 81.5 cm³/mol. The number of hydrogen-bond donors (Lipinski definition) is 0. The van der Waals surface area contributed by atoms with Crippen LogP contribution in [0.3, 0.4) is 0 Å². The van der Waals surface area contributed by atoms with Gasteiger partial charge in [0.15, 0.2) is 0 Å². The molecule has 0 fully saturated rings. The molecule has 0 rings (SSSR count). The summed E-state index contributed by atoms with van der Waals surface area (Å²) in [4.78, 5) is 0. The molecular weight excluding hydrogens is 206 g/mol. The number of unbranched alkanes of at least 4 members (excludes halogenated alkanes) is 5. The highest BCUT2D eigenvalue weighted by molar-refractivity contribution is 4.42. The molecular formula is C16H38N+. The van der Waals surface area contributed by atoms with E-state index in [1.54, 1.807) is 0 Å². The number of nitrogens with zero attached hydrogens (tertiary/aromatic N) is 1. The summed E-state index contributed by atoms with van der Waals surface area (Å²) in [5.74, 6) is 0. The van der Waals surface area contributed by atoms with E-state index in [0.717, 1.165) is 0 Å². The maximum absolute atomic E-state index is 2.38. The molecule has 0 radical (unpaired) electrons. The Morgan fingerprint density at radius 1 is 0.588 bits per heavy atom. The van der Waals surface area contributed by atoms with E-state index in [1.165, 1.54) is 68.9 Å². The summed E-state index contributed by atoms with van der Waals surface area (Å²) < 4.78 is 1.23. The van der Waals surface area contributed by atoms with Crippen LogP contribution in [-0.4, -0.2) is 31.7 Å². The quantitative estimate of drug-likeness (QED) is 0.384. The molecule has 0 aromatic rings. The van der Waals surface area contributed by atoms with Gasteiger partial charge in [-0.05, 0) is 25.7 Å². The molecule has 0 amide bonds. The first kappa shape index (κ1) is 19.3. The van der Waals surface area contributed by atoms with E-state index in [4.69, 9.17) is 0 Å². The lowest BCUT2D eigenvalue weighted by Gasteiger charge is -2.29. The molecule has 0 atom stereocenters. The Kier molecular flexibility index (Phi) is 15.9. The highest BCUT2D eigenvalue weighted by atomic mass is 15.3. The largest absolute Gasteiger partial charge is 0.328 e. The number of hydrogen-bond acceptors (Lipinski definition) is 0. The topological polar surface area (TPSA) is 0 Å². The van der Waals surface area contributed by atoms with Gasteiger partial charge in [-0.25, -0.2) is 0 Å². The second-order valence-corrected chi connectivity index (χ2v) is 5.86. The molecule has 0 spiro atoms. The molecule has 17 heavy (non-hydrogen) atoms. The van der Waals surface area contributed by atoms with Crippen molar-refractivity contribution in [3.8, 4) is 0 Å². The van der Waals surface area contributed by atoms with E-state index < -0.39 is 0 Å². The first-order chi connectivity index (χ1) is 8.04. The summed E-state index contributed by atoms with van der Waals surface area (Å²) in [6, 6.07) is 0. The number of quaternary nitrogens is 1. The first-order valence-electron chi connectivity index (χ1n) is 7.86. The van der Waals surface area contributed by atoms with Gasteiger partial charge in [0, 0.05) is 0 Å². The highest BCUT2D eigenvalue weighted by Gasteiger charge is 2.12. The smallest absolute Gasteiger partial charge is 0.0782 e. The minimum absolute atomic E-state index is 1.23. The molecule has 0 aliphatic heterocycles. The summed E-state index contributed by atoms with van der Waals surface area (Å²) in [6.45, 7) is 11.5. The van der Waals surface area contributed by atoms with Crippen molar-refractivity contribution in [2.24, 2.45) is 0 Å². The third kappa shape index (κ3) is 18.5. The zero-order valence-corrected chi connectivity index (χ0v) is 13.5. The average Bonchev–Trinajstić information content (AvgIpc) is 2.26. The molecule has 0 bridgehead atoms. The van der Waals surface area contributed by atoms with Crippen LogP contribution in [0.2, 0.25) is 0 Å². The fourth-order valence-electron chi connectivity index (χ4n) is 1.87. The Balaban J connectivity index is 0. The van der Waals surface area contributed by atoms with Crippen LogP contribution in [0.4, 0.5) is 0 Å². The minimum atomic E-state index is 1.23. The Labute approximate surface area is 111 Å². The fraction of sp³-hybridized carbons (Fsp3) is 1.00. The van der Waals surface area contributed by atoms with Crippen LogP contribution >= 0.6 is 0 Å². The molecule has 0 aliphatic rings. The van der Waals surface area contributed by atoms with Gasteiger partial charge < -0.3 is 4.48 Å². The molecule has 0 N–H and O–H groups in total. The Hall–Kier alpha value is -0.0400. The van der Waals surface area contributed by atoms with Crippen LogP contribution in [0.5, 0.6) is 0 Å². The summed E-state index contributed by atoms with van der Waals surface area (Å²) in [7, 11) is 4.75. The van der Waals surface area contributed by atoms with Crippen molar-refractivity contribution in [3.05, 3.63) is 0 Å². The van der Waals surface area contributed by atoms with E-state index in [9.17, 15) is 0 Å². The van der Waals surface area contributed by atoms with Gasteiger partial charge in [-0.1, -0.05) is 53.4 Å². The van der Waals surface area contributed by atoms with Crippen molar-refractivity contribution in [2.75, 3.05) is 27.2 Å². The third-order valence-corrected chi connectivity index (χ3v) is 2.98. The van der Waals surface area contributed by atoms with Gasteiger partial charge in [-0.2, -0.15) is 0 Å². The Morgan fingerprint density at radius 2 is 0.941 bits per heavy atom. The SMILES string of the molecule is CCC.CCCCCC[N+](C)(C)CCCCC. The van der Waals surface area contributed by atoms with Crippen molar-refractivity contribution in [1.82, 2.24) is 0 Å². The minimum Gasteiger partial charge on any atom is -0.328 e. The maximum atomic E-state index is 2.38. The van der Waals surface area contributed by atoms with Crippen molar-refractivity contribution >= 4 is 0 Å². The van der Waals surface area contributed by atoms with Crippen LogP contribution < -0.4 is 0 Å². The van der Waals surface area contributed by atoms with E-state index in [1.807, 2.05) is 0 Å². The first-order valence-corrected chi connectivity index (χ1v) is 7.86. The third-order valence-electron chi connectivity index (χ3n) is 2.98. The van der Waals surface area contributed by atoms with Gasteiger partial charge in [0.25, 0.3) is 0 Å². The van der Waals surface area contributed by atoms with E-state index in [0.29, 0.717) is 0 Å². The van der Waals surface area contributed by atoms with Crippen LogP contribution in [0, 0.1) is 0 Å². The van der Waals surface area contributed by atoms with E-state index in [2.05, 4.69) is 41.8 Å². The van der Waals surface area contributed by atoms with Crippen molar-refractivity contribution in [1.29, 1.82) is 0 Å². The summed E-state index contributed by atoms with van der Waals surface area (Å²) >= 11 is 0. The van der Waals surface area contributed by atoms with Gasteiger partial charge >= 0.3 is 0 Å². The van der Waals surface area contributed by atoms with Gasteiger partial charge in [-0.15, -0.1) is 0 Å². The molecule has 0 heterocycles. The van der Waals surface area contributed by atoms with Gasteiger partial charge in [0.2, 0.25) is 0 Å². The highest BCUT2D eigenvalue weighted by Crippen LogP contribution is 2.07. The molecule has 106 valence electrons. The maximum Gasteiger partial charge on any atom is 0.0782 e. The lowest BCUT2D eigenvalue weighted by Crippen LogP contribution is -2.41. The predicted octanol–water partition coefficient (Wildman–Crippen LogP) is 5.25. The summed E-state index contributed by atoms with van der Waals surface area (Å²) in [5, 5.41) is 0. The van der Waals surface area contributed by atoms with Crippen LogP contribution in [0.1, 0.15) is 79.1 Å². The van der Waals surface area contributed by atoms with E-state index >= 15 is 0 Å². The van der Waals surface area contributed by atoms with Crippen LogP contribution in [-0.2, 0) is 0 Å². The number of rotatable bonds is 9. The van der Waals surface area contributed by atoms with Crippen LogP contribution in [0.25, 0.3) is 0 Å². The summed E-state index contributed by atoms with van der Waals surface area (Å²) in [6.07, 6.45) is 11.0. The Bertz CT molecular complexity index is 129. The lowest BCUT2D eigenvalue weighted by molar-refractivity contribution is -0.890.